The van der Waals surface area contributed by atoms with E-state index in [1.165, 1.54) is 0 Å². The van der Waals surface area contributed by atoms with Crippen molar-refractivity contribution >= 4 is 15.9 Å². The fourth-order valence-corrected chi connectivity index (χ4v) is 3.58. The molecule has 0 fully saturated rings. The number of carbonyl (C=O) groups is 1. The lowest BCUT2D eigenvalue weighted by Gasteiger charge is -2.24. The van der Waals surface area contributed by atoms with Gasteiger partial charge in [-0.3, -0.25) is 0 Å². The average molecular weight is 410 g/mol. The number of benzene rings is 1. The highest BCUT2D eigenvalue weighted by molar-refractivity contribution is 7.90. The number of nitrogens with one attached hydrogen (secondary N) is 1. The molecule has 0 saturated carbocycles. The number of hydrogen-bond acceptors (Lipinski definition) is 7. The van der Waals surface area contributed by atoms with E-state index in [1.807, 2.05) is 13.8 Å². The molecule has 1 N–H and O–H groups in total. The van der Waals surface area contributed by atoms with E-state index >= 15 is 0 Å². The first kappa shape index (κ1) is 21.9. The molecule has 28 heavy (non-hydrogen) atoms. The Hall–Kier alpha value is -2.42. The summed E-state index contributed by atoms with van der Waals surface area (Å²) in [6.07, 6.45) is 0.0688. The fourth-order valence-electron chi connectivity index (χ4n) is 2.44. The van der Waals surface area contributed by atoms with Crippen LogP contribution in [0.25, 0.3) is 0 Å². The Morgan fingerprint density at radius 2 is 1.86 bits per heavy atom. The molecule has 0 aliphatic rings. The average Bonchev–Trinajstić information content (AvgIpc) is 3.09. The monoisotopic (exact) mass is 409 g/mol. The molecule has 1 aromatic heterocycles. The predicted octanol–water partition coefficient (Wildman–Crippen LogP) is 3.66. The Kier molecular flexibility index (Phi) is 6.82. The third kappa shape index (κ3) is 6.05. The Bertz CT molecular complexity index is 888. The Morgan fingerprint density at radius 3 is 2.43 bits per heavy atom. The van der Waals surface area contributed by atoms with Crippen LogP contribution in [0.4, 0.5) is 4.79 Å². The van der Waals surface area contributed by atoms with E-state index in [1.54, 1.807) is 51.1 Å². The Morgan fingerprint density at radius 1 is 1.21 bits per heavy atom. The standard InChI is InChI=1S/C19H27N3O5S/c1-6-13(2)15(20-17(23)27-19(3,4)5)16-21-22-18(26-16)28(24,25)12-14-10-8-7-9-11-14/h7-11,13,15H,6,12H2,1-5H3,(H,20,23)/t13-,15+/m0/s1. The van der Waals surface area contributed by atoms with Crippen LogP contribution >= 0.6 is 0 Å². The zero-order valence-electron chi connectivity index (χ0n) is 16.8. The van der Waals surface area contributed by atoms with E-state index in [4.69, 9.17) is 9.15 Å². The molecule has 154 valence electrons. The van der Waals surface area contributed by atoms with Crippen LogP contribution in [0.1, 0.15) is 58.5 Å². The van der Waals surface area contributed by atoms with E-state index in [-0.39, 0.29) is 17.6 Å². The van der Waals surface area contributed by atoms with E-state index in [0.29, 0.717) is 12.0 Å². The van der Waals surface area contributed by atoms with Gasteiger partial charge in [-0.2, -0.15) is 0 Å². The molecule has 0 spiro atoms. The first-order chi connectivity index (χ1) is 13.0. The third-order valence-corrected chi connectivity index (χ3v) is 5.45. The molecular weight excluding hydrogens is 382 g/mol. The number of alkyl carbamates (subject to hydrolysis) is 1. The highest BCUT2D eigenvalue weighted by atomic mass is 32.2. The van der Waals surface area contributed by atoms with Crippen LogP contribution in [-0.2, 0) is 20.3 Å². The number of sulfone groups is 1. The normalized spacial score (nSPS) is 14.3. The predicted molar refractivity (Wildman–Crippen MR) is 103 cm³/mol. The molecule has 0 aliphatic carbocycles. The summed E-state index contributed by atoms with van der Waals surface area (Å²) in [5, 5.41) is 9.82. The third-order valence-electron chi connectivity index (χ3n) is 4.04. The first-order valence-corrected chi connectivity index (χ1v) is 10.8. The summed E-state index contributed by atoms with van der Waals surface area (Å²) in [6.45, 7) is 9.10. The maximum absolute atomic E-state index is 12.6. The molecule has 1 heterocycles. The zero-order chi connectivity index (χ0) is 20.9. The summed E-state index contributed by atoms with van der Waals surface area (Å²) in [5.41, 5.74) is -0.0454. The van der Waals surface area contributed by atoms with Gasteiger partial charge in [-0.1, -0.05) is 55.7 Å². The van der Waals surface area contributed by atoms with Gasteiger partial charge in [0.1, 0.15) is 11.6 Å². The Labute approximate surface area is 165 Å². The van der Waals surface area contributed by atoms with Crippen molar-refractivity contribution in [2.24, 2.45) is 5.92 Å². The number of ether oxygens (including phenoxy) is 1. The molecule has 9 heteroatoms. The van der Waals surface area contributed by atoms with Gasteiger partial charge in [-0.25, -0.2) is 13.2 Å². The second kappa shape index (κ2) is 8.72. The van der Waals surface area contributed by atoms with E-state index in [0.717, 1.165) is 0 Å². The maximum Gasteiger partial charge on any atom is 0.408 e. The topological polar surface area (TPSA) is 111 Å². The van der Waals surface area contributed by atoms with Crippen molar-refractivity contribution in [3.8, 4) is 0 Å². The molecule has 0 saturated heterocycles. The van der Waals surface area contributed by atoms with Gasteiger partial charge in [0.15, 0.2) is 0 Å². The van der Waals surface area contributed by atoms with Crippen LogP contribution in [0.15, 0.2) is 40.0 Å². The highest BCUT2D eigenvalue weighted by Gasteiger charge is 2.31. The van der Waals surface area contributed by atoms with Gasteiger partial charge in [-0.15, -0.1) is 5.10 Å². The molecular formula is C19H27N3O5S. The summed E-state index contributed by atoms with van der Waals surface area (Å²) in [5.74, 6) is -0.285. The van der Waals surface area contributed by atoms with E-state index in [9.17, 15) is 13.2 Å². The number of amides is 1. The van der Waals surface area contributed by atoms with Crippen LogP contribution in [0.2, 0.25) is 0 Å². The van der Waals surface area contributed by atoms with Gasteiger partial charge in [0.2, 0.25) is 15.7 Å². The maximum atomic E-state index is 12.6. The lowest BCUT2D eigenvalue weighted by atomic mass is 9.99. The van der Waals surface area contributed by atoms with Crippen molar-refractivity contribution < 1.29 is 22.4 Å². The van der Waals surface area contributed by atoms with Crippen LogP contribution in [0, 0.1) is 5.92 Å². The van der Waals surface area contributed by atoms with Crippen LogP contribution in [-0.4, -0.2) is 30.3 Å². The van der Waals surface area contributed by atoms with Crippen molar-refractivity contribution in [1.29, 1.82) is 0 Å². The SMILES string of the molecule is CC[C@H](C)[C@@H](NC(=O)OC(C)(C)C)c1nnc(S(=O)(=O)Cc2ccccc2)o1. The summed E-state index contributed by atoms with van der Waals surface area (Å²) in [4.78, 5) is 12.2. The number of rotatable bonds is 7. The molecule has 0 aliphatic heterocycles. The zero-order valence-corrected chi connectivity index (χ0v) is 17.6. The number of nitrogens with zero attached hydrogens (tertiary/aromatic N) is 2. The minimum atomic E-state index is -3.80. The quantitative estimate of drug-likeness (QED) is 0.743. The van der Waals surface area contributed by atoms with Crippen LogP contribution in [0.3, 0.4) is 0 Å². The molecule has 1 amide bonds. The minimum absolute atomic E-state index is 0.0341. The smallest absolute Gasteiger partial charge is 0.408 e. The van der Waals surface area contributed by atoms with Gasteiger partial charge < -0.3 is 14.5 Å². The largest absolute Gasteiger partial charge is 0.444 e. The van der Waals surface area contributed by atoms with Gasteiger partial charge in [0, 0.05) is 0 Å². The molecule has 2 rings (SSSR count). The van der Waals surface area contributed by atoms with Crippen molar-refractivity contribution in [3.63, 3.8) is 0 Å². The van der Waals surface area contributed by atoms with E-state index in [2.05, 4.69) is 15.5 Å². The molecule has 0 radical (unpaired) electrons. The summed E-state index contributed by atoms with van der Waals surface area (Å²) < 4.78 is 35.9. The van der Waals surface area contributed by atoms with Crippen molar-refractivity contribution in [2.45, 2.75) is 63.7 Å². The number of aromatic nitrogens is 2. The van der Waals surface area contributed by atoms with Gasteiger partial charge in [-0.05, 0) is 32.3 Å². The van der Waals surface area contributed by atoms with E-state index < -0.39 is 32.8 Å². The molecule has 2 aromatic rings. The molecule has 0 unspecified atom stereocenters. The summed E-state index contributed by atoms with van der Waals surface area (Å²) in [6, 6.07) is 8.08. The van der Waals surface area contributed by atoms with Crippen LogP contribution < -0.4 is 5.32 Å². The minimum Gasteiger partial charge on any atom is -0.444 e. The lowest BCUT2D eigenvalue weighted by molar-refractivity contribution is 0.0473. The summed E-state index contributed by atoms with van der Waals surface area (Å²) in [7, 11) is -3.80. The molecule has 1 aromatic carbocycles. The van der Waals surface area contributed by atoms with Crippen molar-refractivity contribution in [2.75, 3.05) is 0 Å². The Balaban J connectivity index is 2.22. The van der Waals surface area contributed by atoms with Gasteiger partial charge in [0.25, 0.3) is 0 Å². The molecule has 8 nitrogen and oxygen atoms in total. The summed E-state index contributed by atoms with van der Waals surface area (Å²) >= 11 is 0. The highest BCUT2D eigenvalue weighted by Crippen LogP contribution is 2.26. The van der Waals surface area contributed by atoms with Gasteiger partial charge >= 0.3 is 11.3 Å². The molecule has 2 atom stereocenters. The second-order valence-electron chi connectivity index (χ2n) is 7.66. The van der Waals surface area contributed by atoms with Gasteiger partial charge in [0.05, 0.1) is 5.75 Å². The second-order valence-corrected chi connectivity index (χ2v) is 9.53. The fraction of sp³-hybridized carbons (Fsp3) is 0.526. The van der Waals surface area contributed by atoms with Crippen molar-refractivity contribution in [1.82, 2.24) is 15.5 Å². The first-order valence-electron chi connectivity index (χ1n) is 9.11. The number of carbonyl (C=O) groups excluding carboxylic acids is 1. The number of hydrogen-bond donors (Lipinski definition) is 1. The van der Waals surface area contributed by atoms with Crippen molar-refractivity contribution in [3.05, 3.63) is 41.8 Å². The van der Waals surface area contributed by atoms with Crippen LogP contribution in [0.5, 0.6) is 0 Å². The molecule has 0 bridgehead atoms. The lowest BCUT2D eigenvalue weighted by Crippen LogP contribution is -2.37.